The van der Waals surface area contributed by atoms with Gasteiger partial charge in [-0.1, -0.05) is 0 Å². The fraction of sp³-hybridized carbons (Fsp3) is 0.333. The number of hydrogen-bond acceptors (Lipinski definition) is 4. The van der Waals surface area contributed by atoms with E-state index >= 15 is 0 Å². The van der Waals surface area contributed by atoms with Crippen LogP contribution in [0.5, 0.6) is 0 Å². The number of rotatable bonds is 3. The summed E-state index contributed by atoms with van der Waals surface area (Å²) in [5, 5.41) is 10.0. The smallest absolute Gasteiger partial charge is 0.113 e. The molecule has 0 radical (unpaired) electrons. The average molecular weight is 209 g/mol. The van der Waals surface area contributed by atoms with Crippen molar-refractivity contribution in [3.8, 4) is 0 Å². The van der Waals surface area contributed by atoms with E-state index < -0.39 is 0 Å². The van der Waals surface area contributed by atoms with Crippen molar-refractivity contribution in [1.29, 1.82) is 0 Å². The summed E-state index contributed by atoms with van der Waals surface area (Å²) in [6.07, 6.45) is 5.23. The summed E-state index contributed by atoms with van der Waals surface area (Å²) in [6.45, 7) is 2.74. The van der Waals surface area contributed by atoms with E-state index in [1.54, 1.807) is 23.9 Å². The highest BCUT2D eigenvalue weighted by Crippen LogP contribution is 2.13. The first-order chi connectivity index (χ1) is 6.79. The van der Waals surface area contributed by atoms with E-state index in [4.69, 9.17) is 5.11 Å². The topological polar surface area (TPSA) is 50.9 Å². The van der Waals surface area contributed by atoms with E-state index in [2.05, 4.69) is 9.97 Å². The van der Waals surface area contributed by atoms with Crippen molar-refractivity contribution in [1.82, 2.24) is 14.5 Å². The van der Waals surface area contributed by atoms with Gasteiger partial charge in [-0.3, -0.25) is 0 Å². The van der Waals surface area contributed by atoms with Crippen LogP contribution in [0.1, 0.15) is 15.6 Å². The monoisotopic (exact) mass is 209 g/mol. The van der Waals surface area contributed by atoms with Crippen molar-refractivity contribution in [2.24, 2.45) is 0 Å². The molecule has 2 rings (SSSR count). The lowest BCUT2D eigenvalue weighted by molar-refractivity contribution is 0.271. The minimum atomic E-state index is 0.0182. The van der Waals surface area contributed by atoms with Crippen LogP contribution in [0, 0.1) is 6.92 Å². The third-order valence-electron chi connectivity index (χ3n) is 1.94. The predicted octanol–water partition coefficient (Wildman–Crippen LogP) is 1.19. The molecule has 0 aliphatic carbocycles. The number of aryl methyl sites for hydroxylation is 1. The number of thiazole rings is 1. The molecule has 2 heterocycles. The molecule has 0 fully saturated rings. The quantitative estimate of drug-likeness (QED) is 0.826. The highest BCUT2D eigenvalue weighted by molar-refractivity contribution is 7.11. The number of aliphatic hydroxyl groups excluding tert-OH is 1. The Labute approximate surface area is 85.9 Å². The second-order valence-electron chi connectivity index (χ2n) is 3.04. The first-order valence-corrected chi connectivity index (χ1v) is 5.12. The average Bonchev–Trinajstić information content (AvgIpc) is 2.76. The fourth-order valence-corrected chi connectivity index (χ4v) is 2.03. The lowest BCUT2D eigenvalue weighted by atomic mass is 10.5. The van der Waals surface area contributed by atoms with Gasteiger partial charge < -0.3 is 9.67 Å². The molecular formula is C9H11N3OS. The molecule has 1 N–H and O–H groups in total. The van der Waals surface area contributed by atoms with Crippen molar-refractivity contribution in [2.75, 3.05) is 0 Å². The summed E-state index contributed by atoms with van der Waals surface area (Å²) >= 11 is 1.66. The Hall–Kier alpha value is -1.20. The fourth-order valence-electron chi connectivity index (χ4n) is 1.24. The van der Waals surface area contributed by atoms with Crippen molar-refractivity contribution >= 4 is 11.3 Å². The van der Waals surface area contributed by atoms with Crippen LogP contribution in [-0.2, 0) is 13.2 Å². The first-order valence-electron chi connectivity index (χ1n) is 4.31. The maximum Gasteiger partial charge on any atom is 0.113 e. The third-order valence-corrected chi connectivity index (χ3v) is 2.83. The molecule has 0 bridgehead atoms. The van der Waals surface area contributed by atoms with E-state index in [-0.39, 0.29) is 6.61 Å². The van der Waals surface area contributed by atoms with Gasteiger partial charge in [0.25, 0.3) is 0 Å². The van der Waals surface area contributed by atoms with Crippen LogP contribution in [0.15, 0.2) is 18.7 Å². The predicted molar refractivity (Wildman–Crippen MR) is 54.1 cm³/mol. The van der Waals surface area contributed by atoms with Gasteiger partial charge in [-0.2, -0.15) is 0 Å². The standard InChI is InChI=1S/C9H11N3OS/c1-7-2-11-9(14-7)4-12-6-10-3-8(12)5-13/h2-3,6,13H,4-5H2,1H3. The van der Waals surface area contributed by atoms with Crippen LogP contribution >= 0.6 is 11.3 Å². The second kappa shape index (κ2) is 3.89. The largest absolute Gasteiger partial charge is 0.390 e. The van der Waals surface area contributed by atoms with E-state index in [1.165, 1.54) is 4.88 Å². The van der Waals surface area contributed by atoms with Crippen molar-refractivity contribution in [3.63, 3.8) is 0 Å². The molecule has 0 aliphatic heterocycles. The minimum Gasteiger partial charge on any atom is -0.390 e. The Morgan fingerprint density at radius 1 is 1.50 bits per heavy atom. The van der Waals surface area contributed by atoms with Crippen LogP contribution in [-0.4, -0.2) is 19.6 Å². The molecule has 4 nitrogen and oxygen atoms in total. The number of imidazole rings is 1. The summed E-state index contributed by atoms with van der Waals surface area (Å²) in [4.78, 5) is 9.43. The molecule has 0 aliphatic rings. The second-order valence-corrected chi connectivity index (χ2v) is 4.35. The first kappa shape index (κ1) is 9.36. The maximum absolute atomic E-state index is 9.01. The van der Waals surface area contributed by atoms with Gasteiger partial charge in [-0.05, 0) is 6.92 Å². The number of aliphatic hydroxyl groups is 1. The summed E-state index contributed by atoms with van der Waals surface area (Å²) in [6, 6.07) is 0. The van der Waals surface area contributed by atoms with Gasteiger partial charge in [0, 0.05) is 11.1 Å². The summed E-state index contributed by atoms with van der Waals surface area (Å²) in [5.41, 5.74) is 0.817. The molecular weight excluding hydrogens is 198 g/mol. The Kier molecular flexibility index (Phi) is 2.60. The maximum atomic E-state index is 9.01. The Morgan fingerprint density at radius 3 is 3.00 bits per heavy atom. The van der Waals surface area contributed by atoms with E-state index in [9.17, 15) is 0 Å². The van der Waals surface area contributed by atoms with Gasteiger partial charge in [0.15, 0.2) is 0 Å². The molecule has 0 amide bonds. The molecule has 0 saturated heterocycles. The van der Waals surface area contributed by atoms with Crippen molar-refractivity contribution in [3.05, 3.63) is 34.3 Å². The van der Waals surface area contributed by atoms with Crippen LogP contribution in [0.2, 0.25) is 0 Å². The lowest BCUT2D eigenvalue weighted by Crippen LogP contribution is -2.02. The third kappa shape index (κ3) is 1.83. The molecule has 0 aromatic carbocycles. The van der Waals surface area contributed by atoms with Gasteiger partial charge in [0.05, 0.1) is 31.4 Å². The van der Waals surface area contributed by atoms with E-state index in [0.29, 0.717) is 6.54 Å². The molecule has 2 aromatic rings. The molecule has 0 saturated carbocycles. The van der Waals surface area contributed by atoms with Crippen molar-refractivity contribution < 1.29 is 5.11 Å². The number of aromatic nitrogens is 3. The van der Waals surface area contributed by atoms with E-state index in [1.807, 2.05) is 17.7 Å². The Balaban J connectivity index is 2.18. The summed E-state index contributed by atoms with van der Waals surface area (Å²) in [5.74, 6) is 0. The van der Waals surface area contributed by atoms with Crippen LogP contribution in [0.25, 0.3) is 0 Å². The Bertz CT molecular complexity index is 421. The van der Waals surface area contributed by atoms with Gasteiger partial charge >= 0.3 is 0 Å². The lowest BCUT2D eigenvalue weighted by Gasteiger charge is -2.02. The van der Waals surface area contributed by atoms with Gasteiger partial charge in [-0.15, -0.1) is 11.3 Å². The van der Waals surface area contributed by atoms with Gasteiger partial charge in [-0.25, -0.2) is 9.97 Å². The highest BCUT2D eigenvalue weighted by Gasteiger charge is 2.03. The van der Waals surface area contributed by atoms with Gasteiger partial charge in [0.2, 0.25) is 0 Å². The summed E-state index contributed by atoms with van der Waals surface area (Å²) in [7, 11) is 0. The minimum absolute atomic E-state index is 0.0182. The summed E-state index contributed by atoms with van der Waals surface area (Å²) < 4.78 is 1.90. The molecule has 5 heteroatoms. The van der Waals surface area contributed by atoms with E-state index in [0.717, 1.165) is 10.7 Å². The zero-order chi connectivity index (χ0) is 9.97. The Morgan fingerprint density at radius 2 is 2.36 bits per heavy atom. The highest BCUT2D eigenvalue weighted by atomic mass is 32.1. The number of hydrogen-bond donors (Lipinski definition) is 1. The molecule has 2 aromatic heterocycles. The molecule has 0 spiro atoms. The zero-order valence-electron chi connectivity index (χ0n) is 7.84. The molecule has 0 atom stereocenters. The van der Waals surface area contributed by atoms with Gasteiger partial charge in [0.1, 0.15) is 5.01 Å². The van der Waals surface area contributed by atoms with Crippen LogP contribution in [0.4, 0.5) is 0 Å². The van der Waals surface area contributed by atoms with Crippen LogP contribution in [0.3, 0.4) is 0 Å². The molecule has 0 unspecified atom stereocenters. The normalized spacial score (nSPS) is 10.7. The molecule has 14 heavy (non-hydrogen) atoms. The SMILES string of the molecule is Cc1cnc(Cn2cncc2CO)s1. The van der Waals surface area contributed by atoms with Crippen molar-refractivity contribution in [2.45, 2.75) is 20.1 Å². The van der Waals surface area contributed by atoms with Crippen LogP contribution < -0.4 is 0 Å². The zero-order valence-corrected chi connectivity index (χ0v) is 8.66. The number of nitrogens with zero attached hydrogens (tertiary/aromatic N) is 3. The molecule has 74 valence electrons.